The van der Waals surface area contributed by atoms with Crippen LogP contribution in [0.25, 0.3) is 11.0 Å². The Morgan fingerprint density at radius 3 is 2.95 bits per heavy atom. The topological polar surface area (TPSA) is 45.1 Å². The molecule has 2 heterocycles. The standard InChI is InChI=1S/C15H17N3O/c1-11-3-4-13-14(7-11)17-15(16-13)9-18(2)8-12-5-6-19-10-12/h3-7,10H,8-9H2,1-2H3,(H,16,17). The number of aryl methyl sites for hydroxylation is 1. The molecule has 1 aromatic carbocycles. The van der Waals surface area contributed by atoms with Gasteiger partial charge in [-0.15, -0.1) is 0 Å². The number of aromatic amines is 1. The molecule has 0 aliphatic carbocycles. The lowest BCUT2D eigenvalue weighted by atomic mass is 10.2. The molecule has 4 nitrogen and oxygen atoms in total. The molecule has 0 unspecified atom stereocenters. The van der Waals surface area contributed by atoms with Crippen LogP contribution in [-0.2, 0) is 13.1 Å². The third-order valence-corrected chi connectivity index (χ3v) is 3.14. The van der Waals surface area contributed by atoms with Gasteiger partial charge in [-0.05, 0) is 37.7 Å². The second kappa shape index (κ2) is 4.90. The smallest absolute Gasteiger partial charge is 0.121 e. The summed E-state index contributed by atoms with van der Waals surface area (Å²) in [5.74, 6) is 0.992. The second-order valence-electron chi connectivity index (χ2n) is 5.01. The molecule has 0 atom stereocenters. The predicted octanol–water partition coefficient (Wildman–Crippen LogP) is 3.10. The minimum absolute atomic E-state index is 0.791. The van der Waals surface area contributed by atoms with Crippen molar-refractivity contribution in [2.75, 3.05) is 7.05 Å². The average Bonchev–Trinajstić information content (AvgIpc) is 2.97. The third kappa shape index (κ3) is 2.69. The summed E-state index contributed by atoms with van der Waals surface area (Å²) >= 11 is 0. The van der Waals surface area contributed by atoms with Crippen molar-refractivity contribution in [1.29, 1.82) is 0 Å². The van der Waals surface area contributed by atoms with Crippen molar-refractivity contribution < 1.29 is 4.42 Å². The van der Waals surface area contributed by atoms with E-state index in [-0.39, 0.29) is 0 Å². The van der Waals surface area contributed by atoms with Gasteiger partial charge in [-0.1, -0.05) is 6.07 Å². The number of rotatable bonds is 4. The van der Waals surface area contributed by atoms with E-state index < -0.39 is 0 Å². The molecule has 0 spiro atoms. The fourth-order valence-corrected chi connectivity index (χ4v) is 2.26. The van der Waals surface area contributed by atoms with E-state index in [1.54, 1.807) is 12.5 Å². The van der Waals surface area contributed by atoms with Gasteiger partial charge < -0.3 is 9.40 Å². The molecule has 1 N–H and O–H groups in total. The molecule has 0 fully saturated rings. The molecule has 0 bridgehead atoms. The van der Waals surface area contributed by atoms with E-state index in [1.807, 2.05) is 6.07 Å². The molecule has 3 aromatic rings. The highest BCUT2D eigenvalue weighted by molar-refractivity contribution is 5.75. The largest absolute Gasteiger partial charge is 0.472 e. The van der Waals surface area contributed by atoms with Crippen LogP contribution in [0.15, 0.2) is 41.2 Å². The summed E-state index contributed by atoms with van der Waals surface area (Å²) in [4.78, 5) is 10.2. The van der Waals surface area contributed by atoms with Gasteiger partial charge in [0, 0.05) is 12.1 Å². The molecule has 3 rings (SSSR count). The zero-order valence-corrected chi connectivity index (χ0v) is 11.2. The molecule has 0 saturated carbocycles. The highest BCUT2D eigenvalue weighted by atomic mass is 16.3. The van der Waals surface area contributed by atoms with E-state index in [2.05, 4.69) is 47.0 Å². The van der Waals surface area contributed by atoms with Crippen molar-refractivity contribution in [2.24, 2.45) is 0 Å². The van der Waals surface area contributed by atoms with E-state index in [4.69, 9.17) is 4.42 Å². The first kappa shape index (κ1) is 12.0. The van der Waals surface area contributed by atoms with Gasteiger partial charge in [-0.2, -0.15) is 0 Å². The third-order valence-electron chi connectivity index (χ3n) is 3.14. The molecule has 0 saturated heterocycles. The van der Waals surface area contributed by atoms with Crippen LogP contribution in [-0.4, -0.2) is 21.9 Å². The van der Waals surface area contributed by atoms with Crippen molar-refractivity contribution in [1.82, 2.24) is 14.9 Å². The van der Waals surface area contributed by atoms with Gasteiger partial charge in [0.05, 0.1) is 30.1 Å². The van der Waals surface area contributed by atoms with Crippen LogP contribution in [0, 0.1) is 6.92 Å². The van der Waals surface area contributed by atoms with E-state index in [9.17, 15) is 0 Å². The maximum Gasteiger partial charge on any atom is 0.121 e. The van der Waals surface area contributed by atoms with Gasteiger partial charge in [0.25, 0.3) is 0 Å². The van der Waals surface area contributed by atoms with Gasteiger partial charge >= 0.3 is 0 Å². The number of furan rings is 1. The highest BCUT2D eigenvalue weighted by Gasteiger charge is 2.07. The molecule has 0 amide bonds. The monoisotopic (exact) mass is 255 g/mol. The van der Waals surface area contributed by atoms with Crippen LogP contribution in [0.5, 0.6) is 0 Å². The Balaban J connectivity index is 1.74. The Bertz CT molecular complexity index is 670. The quantitative estimate of drug-likeness (QED) is 0.779. The number of hydrogen-bond donors (Lipinski definition) is 1. The normalized spacial score (nSPS) is 11.5. The predicted molar refractivity (Wildman–Crippen MR) is 74.7 cm³/mol. The molecule has 98 valence electrons. The summed E-state index contributed by atoms with van der Waals surface area (Å²) in [6, 6.07) is 8.25. The summed E-state index contributed by atoms with van der Waals surface area (Å²) in [5, 5.41) is 0. The van der Waals surface area contributed by atoms with E-state index in [1.165, 1.54) is 11.1 Å². The van der Waals surface area contributed by atoms with Gasteiger partial charge in [-0.25, -0.2) is 4.98 Å². The van der Waals surface area contributed by atoms with Crippen molar-refractivity contribution in [3.8, 4) is 0 Å². The van der Waals surface area contributed by atoms with Crippen LogP contribution in [0.1, 0.15) is 17.0 Å². The first-order chi connectivity index (χ1) is 9.20. The first-order valence-corrected chi connectivity index (χ1v) is 6.35. The number of H-pyrrole nitrogens is 1. The Labute approximate surface area is 112 Å². The van der Waals surface area contributed by atoms with Crippen molar-refractivity contribution in [3.63, 3.8) is 0 Å². The number of imidazole rings is 1. The maximum absolute atomic E-state index is 5.08. The number of nitrogens with zero attached hydrogens (tertiary/aromatic N) is 2. The Kier molecular flexibility index (Phi) is 3.09. The van der Waals surface area contributed by atoms with Crippen LogP contribution in [0.4, 0.5) is 0 Å². The van der Waals surface area contributed by atoms with Crippen molar-refractivity contribution in [2.45, 2.75) is 20.0 Å². The lowest BCUT2D eigenvalue weighted by Gasteiger charge is -2.13. The van der Waals surface area contributed by atoms with Gasteiger partial charge in [0.15, 0.2) is 0 Å². The first-order valence-electron chi connectivity index (χ1n) is 6.35. The van der Waals surface area contributed by atoms with E-state index >= 15 is 0 Å². The zero-order chi connectivity index (χ0) is 13.2. The van der Waals surface area contributed by atoms with Crippen molar-refractivity contribution in [3.05, 3.63) is 53.7 Å². The fourth-order valence-electron chi connectivity index (χ4n) is 2.26. The molecule has 0 aliphatic heterocycles. The fraction of sp³-hybridized carbons (Fsp3) is 0.267. The van der Waals surface area contributed by atoms with Crippen LogP contribution in [0.3, 0.4) is 0 Å². The molecular weight excluding hydrogens is 238 g/mol. The summed E-state index contributed by atoms with van der Waals surface area (Å²) in [5.41, 5.74) is 4.55. The Hall–Kier alpha value is -2.07. The summed E-state index contributed by atoms with van der Waals surface area (Å²) in [6.07, 6.45) is 3.48. The van der Waals surface area contributed by atoms with Crippen LogP contribution >= 0.6 is 0 Å². The second-order valence-corrected chi connectivity index (χ2v) is 5.01. The SMILES string of the molecule is Cc1ccc2nc(CN(C)Cc3ccoc3)[nH]c2c1. The average molecular weight is 255 g/mol. The molecule has 0 aliphatic rings. The summed E-state index contributed by atoms with van der Waals surface area (Å²) in [7, 11) is 2.07. The number of hydrogen-bond acceptors (Lipinski definition) is 3. The van der Waals surface area contributed by atoms with Gasteiger partial charge in [0.2, 0.25) is 0 Å². The maximum atomic E-state index is 5.08. The van der Waals surface area contributed by atoms with Crippen LogP contribution in [0.2, 0.25) is 0 Å². The van der Waals surface area contributed by atoms with Gasteiger partial charge in [0.1, 0.15) is 5.82 Å². The molecule has 0 radical (unpaired) electrons. The number of benzene rings is 1. The highest BCUT2D eigenvalue weighted by Crippen LogP contribution is 2.14. The van der Waals surface area contributed by atoms with E-state index in [0.29, 0.717) is 0 Å². The minimum atomic E-state index is 0.791. The number of aromatic nitrogens is 2. The Morgan fingerprint density at radius 1 is 1.26 bits per heavy atom. The molecular formula is C15H17N3O. The number of nitrogens with one attached hydrogen (secondary N) is 1. The minimum Gasteiger partial charge on any atom is -0.472 e. The summed E-state index contributed by atoms with van der Waals surface area (Å²) in [6.45, 7) is 3.73. The van der Waals surface area contributed by atoms with E-state index in [0.717, 1.165) is 29.9 Å². The van der Waals surface area contributed by atoms with Gasteiger partial charge in [-0.3, -0.25) is 4.90 Å². The lowest BCUT2D eigenvalue weighted by Crippen LogP contribution is -2.17. The molecule has 2 aromatic heterocycles. The molecule has 4 heteroatoms. The lowest BCUT2D eigenvalue weighted by molar-refractivity contribution is 0.311. The van der Waals surface area contributed by atoms with Crippen LogP contribution < -0.4 is 0 Å². The summed E-state index contributed by atoms with van der Waals surface area (Å²) < 4.78 is 5.08. The molecule has 19 heavy (non-hydrogen) atoms. The van der Waals surface area contributed by atoms with Crippen molar-refractivity contribution >= 4 is 11.0 Å². The Morgan fingerprint density at radius 2 is 2.16 bits per heavy atom. The number of fused-ring (bicyclic) bond motifs is 1. The zero-order valence-electron chi connectivity index (χ0n) is 11.2.